The van der Waals surface area contributed by atoms with Gasteiger partial charge in [0, 0.05) is 39.2 Å². The van der Waals surface area contributed by atoms with Crippen molar-refractivity contribution in [1.29, 1.82) is 0 Å². The molecule has 0 radical (unpaired) electrons. The molecular weight excluding hydrogens is 316 g/mol. The van der Waals surface area contributed by atoms with Gasteiger partial charge in [-0.25, -0.2) is 0 Å². The van der Waals surface area contributed by atoms with Crippen molar-refractivity contribution in [3.8, 4) is 0 Å². The molecule has 1 atom stereocenters. The maximum atomic E-state index is 12.9. The molecule has 2 saturated heterocycles. The number of ether oxygens (including phenoxy) is 1. The monoisotopic (exact) mass is 350 g/mol. The van der Waals surface area contributed by atoms with E-state index in [1.54, 1.807) is 7.11 Å². The summed E-state index contributed by atoms with van der Waals surface area (Å²) in [7, 11) is 1.68. The molecule has 2 heterocycles. The standard InChI is InChI=1S/C20H34N2O3/c1-16-4-6-17(7-5-16)18(23)21-11-3-8-20(9-12-21)10-13-22(19(20)24)14-15-25-2/h16-17H,3-15H2,1-2H3. The third kappa shape index (κ3) is 4.02. The molecule has 0 aromatic carbocycles. The average Bonchev–Trinajstić information content (AvgIpc) is 2.80. The molecule has 5 nitrogen and oxygen atoms in total. The zero-order valence-electron chi connectivity index (χ0n) is 16.0. The second-order valence-corrected chi connectivity index (χ2v) is 8.45. The maximum Gasteiger partial charge on any atom is 0.229 e. The Labute approximate surface area is 152 Å². The minimum Gasteiger partial charge on any atom is -0.383 e. The highest BCUT2D eigenvalue weighted by molar-refractivity contribution is 5.85. The molecule has 2 amide bonds. The molecule has 0 aromatic heterocycles. The lowest BCUT2D eigenvalue weighted by Crippen LogP contribution is -2.40. The molecule has 25 heavy (non-hydrogen) atoms. The lowest BCUT2D eigenvalue weighted by molar-refractivity contribution is -0.139. The summed E-state index contributed by atoms with van der Waals surface area (Å²) >= 11 is 0. The van der Waals surface area contributed by atoms with Gasteiger partial charge in [-0.15, -0.1) is 0 Å². The van der Waals surface area contributed by atoms with E-state index >= 15 is 0 Å². The Morgan fingerprint density at radius 3 is 2.56 bits per heavy atom. The Balaban J connectivity index is 1.57. The third-order valence-electron chi connectivity index (χ3n) is 6.79. The quantitative estimate of drug-likeness (QED) is 0.783. The lowest BCUT2D eigenvalue weighted by Gasteiger charge is -2.31. The summed E-state index contributed by atoms with van der Waals surface area (Å²) in [6.07, 6.45) is 8.13. The van der Waals surface area contributed by atoms with Crippen LogP contribution in [0.2, 0.25) is 0 Å². The first-order valence-electron chi connectivity index (χ1n) is 10.1. The Bertz CT molecular complexity index is 487. The van der Waals surface area contributed by atoms with Crippen LogP contribution < -0.4 is 0 Å². The molecular formula is C20H34N2O3. The summed E-state index contributed by atoms with van der Waals surface area (Å²) in [5.41, 5.74) is -0.218. The molecule has 0 N–H and O–H groups in total. The Morgan fingerprint density at radius 2 is 1.84 bits per heavy atom. The van der Waals surface area contributed by atoms with E-state index in [9.17, 15) is 9.59 Å². The van der Waals surface area contributed by atoms with Crippen molar-refractivity contribution in [2.45, 2.75) is 58.3 Å². The molecule has 0 bridgehead atoms. The predicted molar refractivity (Wildman–Crippen MR) is 97.1 cm³/mol. The van der Waals surface area contributed by atoms with Crippen molar-refractivity contribution < 1.29 is 14.3 Å². The topological polar surface area (TPSA) is 49.9 Å². The van der Waals surface area contributed by atoms with Crippen LogP contribution in [0, 0.1) is 17.3 Å². The van der Waals surface area contributed by atoms with E-state index in [0.29, 0.717) is 25.0 Å². The van der Waals surface area contributed by atoms with Crippen LogP contribution in [-0.2, 0) is 14.3 Å². The molecule has 1 aliphatic carbocycles. The van der Waals surface area contributed by atoms with Crippen LogP contribution in [-0.4, -0.2) is 61.5 Å². The smallest absolute Gasteiger partial charge is 0.229 e. The van der Waals surface area contributed by atoms with Gasteiger partial charge in [-0.3, -0.25) is 9.59 Å². The van der Waals surface area contributed by atoms with E-state index in [1.165, 1.54) is 12.8 Å². The Morgan fingerprint density at radius 1 is 1.12 bits per heavy atom. The summed E-state index contributed by atoms with van der Waals surface area (Å²) in [5.74, 6) is 1.64. The van der Waals surface area contributed by atoms with Gasteiger partial charge in [0.15, 0.2) is 0 Å². The molecule has 3 aliphatic rings. The van der Waals surface area contributed by atoms with Gasteiger partial charge in [0.2, 0.25) is 11.8 Å². The van der Waals surface area contributed by atoms with Gasteiger partial charge in [0.05, 0.1) is 12.0 Å². The normalized spacial score (nSPS) is 33.8. The molecule has 1 unspecified atom stereocenters. The number of carbonyl (C=O) groups is 2. The van der Waals surface area contributed by atoms with Gasteiger partial charge >= 0.3 is 0 Å². The largest absolute Gasteiger partial charge is 0.383 e. The van der Waals surface area contributed by atoms with Crippen molar-refractivity contribution in [3.05, 3.63) is 0 Å². The fourth-order valence-electron chi connectivity index (χ4n) is 4.95. The highest BCUT2D eigenvalue weighted by Gasteiger charge is 2.47. The molecule has 3 rings (SSSR count). The third-order valence-corrected chi connectivity index (χ3v) is 6.79. The summed E-state index contributed by atoms with van der Waals surface area (Å²) in [4.78, 5) is 29.9. The highest BCUT2D eigenvalue weighted by Crippen LogP contribution is 2.42. The van der Waals surface area contributed by atoms with Crippen molar-refractivity contribution in [1.82, 2.24) is 9.80 Å². The van der Waals surface area contributed by atoms with Crippen molar-refractivity contribution in [3.63, 3.8) is 0 Å². The van der Waals surface area contributed by atoms with Gasteiger partial charge in [0.1, 0.15) is 0 Å². The molecule has 142 valence electrons. The number of amides is 2. The molecule has 0 aromatic rings. The molecule has 1 spiro atoms. The van der Waals surface area contributed by atoms with E-state index in [2.05, 4.69) is 11.8 Å². The van der Waals surface area contributed by atoms with Crippen LogP contribution in [0.4, 0.5) is 0 Å². The van der Waals surface area contributed by atoms with Crippen molar-refractivity contribution in [2.24, 2.45) is 17.3 Å². The van der Waals surface area contributed by atoms with Gasteiger partial charge in [-0.2, -0.15) is 0 Å². The predicted octanol–water partition coefficient (Wildman–Crippen LogP) is 2.69. The van der Waals surface area contributed by atoms with Crippen LogP contribution in [0.25, 0.3) is 0 Å². The number of hydrogen-bond donors (Lipinski definition) is 0. The second-order valence-electron chi connectivity index (χ2n) is 8.45. The van der Waals surface area contributed by atoms with E-state index in [0.717, 1.165) is 64.1 Å². The first kappa shape index (κ1) is 18.7. The minimum absolute atomic E-state index is 0.218. The minimum atomic E-state index is -0.218. The second kappa shape index (κ2) is 8.07. The van der Waals surface area contributed by atoms with Crippen LogP contribution in [0.1, 0.15) is 58.3 Å². The van der Waals surface area contributed by atoms with E-state index < -0.39 is 0 Å². The number of rotatable bonds is 4. The molecule has 3 fully saturated rings. The SMILES string of the molecule is COCCN1CCC2(CCCN(C(=O)C3CCC(C)CC3)CC2)C1=O. The van der Waals surface area contributed by atoms with Crippen molar-refractivity contribution in [2.75, 3.05) is 39.9 Å². The molecule has 5 heteroatoms. The number of nitrogens with zero attached hydrogens (tertiary/aromatic N) is 2. The summed E-state index contributed by atoms with van der Waals surface area (Å²) in [6, 6.07) is 0. The van der Waals surface area contributed by atoms with Gasteiger partial charge < -0.3 is 14.5 Å². The van der Waals surface area contributed by atoms with Crippen molar-refractivity contribution >= 4 is 11.8 Å². The fourth-order valence-corrected chi connectivity index (χ4v) is 4.95. The fraction of sp³-hybridized carbons (Fsp3) is 0.900. The average molecular weight is 351 g/mol. The number of likely N-dealkylation sites (tertiary alicyclic amines) is 2. The first-order valence-corrected chi connectivity index (χ1v) is 10.1. The van der Waals surface area contributed by atoms with Crippen LogP contribution in [0.15, 0.2) is 0 Å². The lowest BCUT2D eigenvalue weighted by atomic mass is 9.79. The van der Waals surface area contributed by atoms with E-state index in [1.807, 2.05) is 4.90 Å². The number of methoxy groups -OCH3 is 1. The molecule has 1 saturated carbocycles. The number of hydrogen-bond acceptors (Lipinski definition) is 3. The Kier molecular flexibility index (Phi) is 6.03. The van der Waals surface area contributed by atoms with Crippen LogP contribution in [0.3, 0.4) is 0 Å². The zero-order chi connectivity index (χ0) is 17.9. The highest BCUT2D eigenvalue weighted by atomic mass is 16.5. The van der Waals surface area contributed by atoms with Crippen LogP contribution in [0.5, 0.6) is 0 Å². The van der Waals surface area contributed by atoms with Crippen LogP contribution >= 0.6 is 0 Å². The van der Waals surface area contributed by atoms with Gasteiger partial charge in [0.25, 0.3) is 0 Å². The van der Waals surface area contributed by atoms with Gasteiger partial charge in [-0.1, -0.05) is 6.92 Å². The summed E-state index contributed by atoms with van der Waals surface area (Å²) in [6.45, 7) is 6.02. The summed E-state index contributed by atoms with van der Waals surface area (Å²) < 4.78 is 5.13. The molecule has 2 aliphatic heterocycles. The zero-order valence-corrected chi connectivity index (χ0v) is 16.0. The summed E-state index contributed by atoms with van der Waals surface area (Å²) in [5, 5.41) is 0. The maximum absolute atomic E-state index is 12.9. The van der Waals surface area contributed by atoms with Gasteiger partial charge in [-0.05, 0) is 57.3 Å². The van der Waals surface area contributed by atoms with E-state index in [4.69, 9.17) is 4.74 Å². The Hall–Kier alpha value is -1.10. The first-order chi connectivity index (χ1) is 12.1. The van der Waals surface area contributed by atoms with E-state index in [-0.39, 0.29) is 11.3 Å². The number of carbonyl (C=O) groups excluding carboxylic acids is 2.